The minimum absolute atomic E-state index is 0.0384. The third kappa shape index (κ3) is 2.42. The van der Waals surface area contributed by atoms with Crippen LogP contribution in [0.15, 0.2) is 18.5 Å². The predicted molar refractivity (Wildman–Crippen MR) is 90.0 cm³/mol. The number of pyridine rings is 1. The maximum absolute atomic E-state index is 9.78. The van der Waals surface area contributed by atoms with Crippen LogP contribution in [-0.2, 0) is 6.61 Å². The average molecular weight is 313 g/mol. The predicted octanol–water partition coefficient (Wildman–Crippen LogP) is 2.49. The van der Waals surface area contributed by atoms with E-state index in [1.165, 1.54) is 12.8 Å². The molecule has 0 aromatic carbocycles. The van der Waals surface area contributed by atoms with Crippen molar-refractivity contribution in [2.75, 3.05) is 6.54 Å². The molecule has 0 unspecified atom stereocenters. The summed E-state index contributed by atoms with van der Waals surface area (Å²) in [5.74, 6) is 1.50. The van der Waals surface area contributed by atoms with E-state index in [9.17, 15) is 5.11 Å². The molecular weight excluding hydrogens is 290 g/mol. The molecule has 122 valence electrons. The first kappa shape index (κ1) is 14.7. The molecule has 0 saturated heterocycles. The van der Waals surface area contributed by atoms with E-state index in [0.717, 1.165) is 59.6 Å². The van der Waals surface area contributed by atoms with Crippen molar-refractivity contribution in [3.05, 3.63) is 24.3 Å². The maximum Gasteiger partial charge on any atom is 0.139 e. The Labute approximate surface area is 134 Å². The molecule has 0 bridgehead atoms. The number of hydrogen-bond donors (Lipinski definition) is 3. The molecule has 1 aliphatic carbocycles. The second-order valence-corrected chi connectivity index (χ2v) is 6.54. The van der Waals surface area contributed by atoms with Crippen molar-refractivity contribution in [1.29, 1.82) is 0 Å². The molecule has 6 heteroatoms. The summed E-state index contributed by atoms with van der Waals surface area (Å²) in [6.07, 6.45) is 9.47. The number of aliphatic hydroxyl groups is 1. The highest BCUT2D eigenvalue weighted by Gasteiger charge is 2.26. The zero-order chi connectivity index (χ0) is 15.8. The summed E-state index contributed by atoms with van der Waals surface area (Å²) in [7, 11) is 0. The molecule has 3 aromatic heterocycles. The average Bonchev–Trinajstić information content (AvgIpc) is 3.19. The highest BCUT2D eigenvalue weighted by atomic mass is 16.3. The van der Waals surface area contributed by atoms with E-state index in [1.54, 1.807) is 6.20 Å². The van der Waals surface area contributed by atoms with Gasteiger partial charge in [0.1, 0.15) is 23.6 Å². The highest BCUT2D eigenvalue weighted by Crippen LogP contribution is 2.37. The smallest absolute Gasteiger partial charge is 0.139 e. The minimum atomic E-state index is -0.0384. The quantitative estimate of drug-likeness (QED) is 0.690. The lowest BCUT2D eigenvalue weighted by molar-refractivity contribution is 0.235. The van der Waals surface area contributed by atoms with Crippen LogP contribution >= 0.6 is 0 Å². The normalized spacial score (nSPS) is 22.2. The van der Waals surface area contributed by atoms with Gasteiger partial charge < -0.3 is 20.4 Å². The fourth-order valence-corrected chi connectivity index (χ4v) is 4.07. The van der Waals surface area contributed by atoms with E-state index in [1.807, 2.05) is 12.3 Å². The lowest BCUT2D eigenvalue weighted by Crippen LogP contribution is -2.21. The minimum Gasteiger partial charge on any atom is -0.388 e. The Morgan fingerprint density at radius 3 is 2.87 bits per heavy atom. The van der Waals surface area contributed by atoms with Gasteiger partial charge in [0.25, 0.3) is 0 Å². The molecule has 1 fully saturated rings. The Kier molecular flexibility index (Phi) is 3.79. The lowest BCUT2D eigenvalue weighted by atomic mass is 9.84. The molecule has 23 heavy (non-hydrogen) atoms. The van der Waals surface area contributed by atoms with Crippen LogP contribution in [0.3, 0.4) is 0 Å². The number of aliphatic hydroxyl groups excluding tert-OH is 1. The van der Waals surface area contributed by atoms with E-state index in [0.29, 0.717) is 6.04 Å². The van der Waals surface area contributed by atoms with Crippen LogP contribution < -0.4 is 5.73 Å². The third-order valence-corrected chi connectivity index (χ3v) is 5.21. The first-order valence-electron chi connectivity index (χ1n) is 8.45. The standard InChI is InChI=1S/C17H23N5O/c18-7-5-11-1-3-12(4-2-11)22-15(10-23)21-14-9-20-17-13(16(14)22)6-8-19-17/h6,8-9,11-12,23H,1-5,7,10,18H2,(H,19,20)/t11-,12-. The number of imidazole rings is 1. The summed E-state index contributed by atoms with van der Waals surface area (Å²) in [4.78, 5) is 12.2. The molecule has 4 N–H and O–H groups in total. The van der Waals surface area contributed by atoms with Crippen molar-refractivity contribution in [3.63, 3.8) is 0 Å². The summed E-state index contributed by atoms with van der Waals surface area (Å²) in [5.41, 5.74) is 8.54. The number of nitrogens with one attached hydrogen (secondary N) is 1. The van der Waals surface area contributed by atoms with Crippen molar-refractivity contribution in [2.45, 2.75) is 44.8 Å². The fourth-order valence-electron chi connectivity index (χ4n) is 4.07. The molecule has 6 nitrogen and oxygen atoms in total. The molecule has 3 aromatic rings. The van der Waals surface area contributed by atoms with Gasteiger partial charge in [0, 0.05) is 17.6 Å². The first-order chi connectivity index (χ1) is 11.3. The van der Waals surface area contributed by atoms with Crippen molar-refractivity contribution >= 4 is 22.1 Å². The Morgan fingerprint density at radius 2 is 2.13 bits per heavy atom. The highest BCUT2D eigenvalue weighted by molar-refractivity contribution is 6.01. The van der Waals surface area contributed by atoms with Gasteiger partial charge in [-0.15, -0.1) is 0 Å². The van der Waals surface area contributed by atoms with Gasteiger partial charge in [-0.25, -0.2) is 9.97 Å². The monoisotopic (exact) mass is 313 g/mol. The SMILES string of the molecule is NCC[C@H]1CC[C@H](n2c(CO)nc3cnc4[nH]ccc4c32)CC1. The van der Waals surface area contributed by atoms with Crippen LogP contribution in [-0.4, -0.2) is 31.2 Å². The Hall–Kier alpha value is -1.92. The van der Waals surface area contributed by atoms with Crippen LogP contribution in [0.25, 0.3) is 22.1 Å². The Morgan fingerprint density at radius 1 is 1.30 bits per heavy atom. The summed E-state index contributed by atoms with van der Waals surface area (Å²) >= 11 is 0. The first-order valence-corrected chi connectivity index (χ1v) is 8.45. The summed E-state index contributed by atoms with van der Waals surface area (Å²) < 4.78 is 2.26. The summed E-state index contributed by atoms with van der Waals surface area (Å²) in [5, 5.41) is 10.9. The van der Waals surface area contributed by atoms with Gasteiger partial charge >= 0.3 is 0 Å². The second-order valence-electron chi connectivity index (χ2n) is 6.54. The van der Waals surface area contributed by atoms with Crippen LogP contribution in [0.5, 0.6) is 0 Å². The van der Waals surface area contributed by atoms with Crippen LogP contribution in [0, 0.1) is 5.92 Å². The van der Waals surface area contributed by atoms with Crippen LogP contribution in [0.4, 0.5) is 0 Å². The number of aromatic nitrogens is 4. The number of fused-ring (bicyclic) bond motifs is 3. The fraction of sp³-hybridized carbons (Fsp3) is 0.529. The van der Waals surface area contributed by atoms with E-state index in [2.05, 4.69) is 19.5 Å². The van der Waals surface area contributed by atoms with E-state index < -0.39 is 0 Å². The topological polar surface area (TPSA) is 92.8 Å². The molecular formula is C17H23N5O. The molecule has 1 saturated carbocycles. The van der Waals surface area contributed by atoms with Gasteiger partial charge in [-0.05, 0) is 50.6 Å². The van der Waals surface area contributed by atoms with Crippen LogP contribution in [0.2, 0.25) is 0 Å². The molecule has 0 atom stereocenters. The molecule has 0 aliphatic heterocycles. The molecule has 0 amide bonds. The maximum atomic E-state index is 9.78. The van der Waals surface area contributed by atoms with Gasteiger partial charge in [-0.1, -0.05) is 0 Å². The number of hydrogen-bond acceptors (Lipinski definition) is 4. The molecule has 3 heterocycles. The zero-order valence-corrected chi connectivity index (χ0v) is 13.2. The van der Waals surface area contributed by atoms with E-state index in [-0.39, 0.29) is 6.61 Å². The van der Waals surface area contributed by atoms with Gasteiger partial charge in [0.2, 0.25) is 0 Å². The van der Waals surface area contributed by atoms with Gasteiger partial charge in [-0.2, -0.15) is 0 Å². The third-order valence-electron chi connectivity index (χ3n) is 5.21. The van der Waals surface area contributed by atoms with E-state index in [4.69, 9.17) is 5.73 Å². The molecule has 4 rings (SSSR count). The zero-order valence-electron chi connectivity index (χ0n) is 13.2. The summed E-state index contributed by atoms with van der Waals surface area (Å²) in [6.45, 7) is 0.740. The van der Waals surface area contributed by atoms with E-state index >= 15 is 0 Å². The van der Waals surface area contributed by atoms with Crippen molar-refractivity contribution in [2.24, 2.45) is 11.7 Å². The Balaban J connectivity index is 1.77. The lowest BCUT2D eigenvalue weighted by Gasteiger charge is -2.30. The summed E-state index contributed by atoms with van der Waals surface area (Å²) in [6, 6.07) is 2.45. The number of rotatable bonds is 4. The van der Waals surface area contributed by atoms with Crippen LogP contribution in [0.1, 0.15) is 44.0 Å². The van der Waals surface area contributed by atoms with Gasteiger partial charge in [-0.3, -0.25) is 0 Å². The van der Waals surface area contributed by atoms with Crippen molar-refractivity contribution in [1.82, 2.24) is 19.5 Å². The second kappa shape index (κ2) is 5.94. The number of nitrogens with two attached hydrogens (primary N) is 1. The Bertz CT molecular complexity index is 813. The number of H-pyrrole nitrogens is 1. The number of aromatic amines is 1. The van der Waals surface area contributed by atoms with Crippen molar-refractivity contribution < 1.29 is 5.11 Å². The largest absolute Gasteiger partial charge is 0.388 e. The van der Waals surface area contributed by atoms with Gasteiger partial charge in [0.05, 0.1) is 11.7 Å². The molecule has 0 spiro atoms. The molecule has 0 radical (unpaired) electrons. The number of nitrogens with zero attached hydrogens (tertiary/aromatic N) is 3. The van der Waals surface area contributed by atoms with Crippen molar-refractivity contribution in [3.8, 4) is 0 Å². The van der Waals surface area contributed by atoms with Gasteiger partial charge in [0.15, 0.2) is 0 Å². The molecule has 1 aliphatic rings.